The monoisotopic (exact) mass is 1340 g/mol. The Bertz CT molecular complexity index is 3010. The van der Waals surface area contributed by atoms with Crippen LogP contribution in [0.2, 0.25) is 0 Å². The fourth-order valence-corrected chi connectivity index (χ4v) is 12.4. The van der Waals surface area contributed by atoms with Gasteiger partial charge in [0.2, 0.25) is 0 Å². The predicted octanol–water partition coefficient (Wildman–Crippen LogP) is 0.935. The van der Waals surface area contributed by atoms with Gasteiger partial charge in [-0.05, 0) is 97.6 Å². The van der Waals surface area contributed by atoms with E-state index in [-0.39, 0.29) is 167 Å². The maximum Gasteiger partial charge on any atom is 0.320 e. The highest BCUT2D eigenvalue weighted by molar-refractivity contribution is 7.80. The van der Waals surface area contributed by atoms with Crippen LogP contribution in [0.15, 0.2) is 85.2 Å². The van der Waals surface area contributed by atoms with Crippen LogP contribution in [0.5, 0.6) is 0 Å². The summed E-state index contributed by atoms with van der Waals surface area (Å²) in [5.74, 6) is -8.69. The van der Waals surface area contributed by atoms with E-state index in [0.29, 0.717) is 35.6 Å². The molecule has 2 fully saturated rings. The number of fused-ring (bicyclic) bond motifs is 3. The molecular weight excluding hydrogens is 1260 g/mol. The summed E-state index contributed by atoms with van der Waals surface area (Å²) >= 11 is 11.9. The number of nitrogens with zero attached hydrogens (tertiary/aromatic N) is 10. The molecule has 2 aromatic carbocycles. The second kappa shape index (κ2) is 36.3. The van der Waals surface area contributed by atoms with Gasteiger partial charge in [-0.1, -0.05) is 36.4 Å². The highest BCUT2D eigenvalue weighted by atomic mass is 32.1. The highest BCUT2D eigenvalue weighted by Gasteiger charge is 2.37. The Morgan fingerprint density at radius 1 is 0.394 bits per heavy atom. The van der Waals surface area contributed by atoms with E-state index in [2.05, 4.69) is 21.3 Å². The van der Waals surface area contributed by atoms with E-state index in [1.54, 1.807) is 51.6 Å². The van der Waals surface area contributed by atoms with E-state index >= 15 is 0 Å². The van der Waals surface area contributed by atoms with Gasteiger partial charge >= 0.3 is 47.8 Å². The first-order valence-electron chi connectivity index (χ1n) is 30.8. The first kappa shape index (κ1) is 73.0. The first-order chi connectivity index (χ1) is 45.0. The number of aromatic nitrogens is 2. The molecule has 32 heteroatoms. The van der Waals surface area contributed by atoms with Crippen LogP contribution >= 0.6 is 24.4 Å². The standard InChI is InChI=1S/C62H82N14O16S2/c77-49(78)35-69-19-23-71(37-51(81)82)27-31-75(32-28-72(24-20-69)38-52(83)84)47(59(89)90)15-9-41-5-11-43(12-6-41)65-61(93)67-57-45-3-1-17-63-55(45)56-46(4-2-18-64-56)58(57)68-62(94)66-44-13-7-42(8-14-44)10-16-48(60(91)92)76-33-29-73(39-53(85)86)25-21-70(36-50(79)80)22-26-74(30-34-76)40-54(87)88/h1-8,11-14,17-18,47-48,57-58H,9-10,15-16,19-40H2,(H,77,78)(H,79,80)(H,81,82)(H,83,84)(H,85,86)(H,87,88)(H,89,90)(H,91,92)(H2,65,67,93)(H2,66,68,94). The molecule has 1 aliphatic carbocycles. The summed E-state index contributed by atoms with van der Waals surface area (Å²) < 4.78 is 0. The molecule has 508 valence electrons. The van der Waals surface area contributed by atoms with E-state index in [4.69, 9.17) is 34.4 Å². The van der Waals surface area contributed by atoms with Gasteiger partial charge < -0.3 is 62.1 Å². The van der Waals surface area contributed by atoms with Crippen molar-refractivity contribution in [3.8, 4) is 11.4 Å². The molecule has 0 saturated carbocycles. The fourth-order valence-electron chi connectivity index (χ4n) is 11.9. The molecule has 7 rings (SSSR count). The van der Waals surface area contributed by atoms with Crippen molar-refractivity contribution >= 4 is 93.8 Å². The van der Waals surface area contributed by atoms with Crippen molar-refractivity contribution < 1.29 is 79.2 Å². The molecule has 94 heavy (non-hydrogen) atoms. The lowest BCUT2D eigenvalue weighted by Gasteiger charge is -2.36. The second-order valence-electron chi connectivity index (χ2n) is 23.3. The number of aliphatic carboxylic acids is 8. The summed E-state index contributed by atoms with van der Waals surface area (Å²) in [5, 5.41) is 93.0. The number of aryl methyl sites for hydroxylation is 2. The minimum absolute atomic E-state index is 0.155. The van der Waals surface area contributed by atoms with Gasteiger partial charge in [0.1, 0.15) is 12.1 Å². The zero-order chi connectivity index (χ0) is 67.8. The van der Waals surface area contributed by atoms with Crippen molar-refractivity contribution in [1.82, 2.24) is 59.8 Å². The number of nitrogens with one attached hydrogen (secondary N) is 4. The lowest BCUT2D eigenvalue weighted by Crippen LogP contribution is -2.51. The van der Waals surface area contributed by atoms with Crippen LogP contribution in [-0.2, 0) is 51.2 Å². The molecule has 4 heterocycles. The Morgan fingerprint density at radius 2 is 0.649 bits per heavy atom. The summed E-state index contributed by atoms with van der Waals surface area (Å²) in [6.07, 6.45) is 4.39. The quantitative estimate of drug-likeness (QED) is 0.0389. The second-order valence-corrected chi connectivity index (χ2v) is 24.1. The number of carboxylic acid groups (broad SMARTS) is 8. The van der Waals surface area contributed by atoms with Crippen LogP contribution in [-0.4, -0.2) is 304 Å². The van der Waals surface area contributed by atoms with Crippen LogP contribution < -0.4 is 21.3 Å². The fraction of sp³-hybridized carbons (Fsp3) is 0.484. The Balaban J connectivity index is 0.989. The zero-order valence-electron chi connectivity index (χ0n) is 51.9. The summed E-state index contributed by atoms with van der Waals surface area (Å²) in [6, 6.07) is 19.0. The van der Waals surface area contributed by atoms with Crippen molar-refractivity contribution in [1.29, 1.82) is 0 Å². The number of rotatable bonds is 26. The Morgan fingerprint density at radius 3 is 0.894 bits per heavy atom. The van der Waals surface area contributed by atoms with Gasteiger partial charge in [0.05, 0.1) is 62.7 Å². The van der Waals surface area contributed by atoms with Gasteiger partial charge in [-0.2, -0.15) is 0 Å². The number of pyridine rings is 2. The molecule has 4 unspecified atom stereocenters. The van der Waals surface area contributed by atoms with E-state index in [1.807, 2.05) is 72.8 Å². The molecule has 4 aromatic rings. The third-order valence-electron chi connectivity index (χ3n) is 16.7. The lowest BCUT2D eigenvalue weighted by molar-refractivity contribution is -0.145. The predicted molar refractivity (Wildman–Crippen MR) is 352 cm³/mol. The van der Waals surface area contributed by atoms with Gasteiger partial charge in [0.25, 0.3) is 0 Å². The first-order valence-corrected chi connectivity index (χ1v) is 31.6. The van der Waals surface area contributed by atoms with Crippen molar-refractivity contribution in [2.45, 2.75) is 49.9 Å². The van der Waals surface area contributed by atoms with Crippen molar-refractivity contribution in [2.24, 2.45) is 0 Å². The van der Waals surface area contributed by atoms with E-state index in [1.165, 1.54) is 0 Å². The van der Waals surface area contributed by atoms with Gasteiger partial charge in [-0.25, -0.2) is 0 Å². The largest absolute Gasteiger partial charge is 0.480 e. The van der Waals surface area contributed by atoms with Crippen LogP contribution in [0.3, 0.4) is 0 Å². The SMILES string of the molecule is O=C(O)CN1CCN(CC(=O)O)CCN(C(CCc2ccc(NC(=S)NC3c4cccnc4-c4ncccc4C3NC(=S)Nc3ccc(CCC(C(=O)O)N4CCN(CC(=O)O)CCN(CC(=O)O)CCN(CC(=O)O)CC4)cc3)cc2)C(=O)O)CCN(CC(=O)O)CC1. The number of thiocarbonyl (C=S) groups is 2. The number of hydrogen-bond acceptors (Lipinski definition) is 20. The molecule has 4 atom stereocenters. The number of carbonyl (C=O) groups is 8. The molecular formula is C62H82N14O16S2. The van der Waals surface area contributed by atoms with Crippen LogP contribution in [0.25, 0.3) is 11.4 Å². The van der Waals surface area contributed by atoms with Crippen molar-refractivity contribution in [3.63, 3.8) is 0 Å². The summed E-state index contributed by atoms with van der Waals surface area (Å²) in [5.41, 5.74) is 5.73. The minimum atomic E-state index is -1.09. The molecule has 12 N–H and O–H groups in total. The zero-order valence-corrected chi connectivity index (χ0v) is 53.5. The molecule has 30 nitrogen and oxygen atoms in total. The third kappa shape index (κ3) is 23.5. The maximum atomic E-state index is 13.0. The smallest absolute Gasteiger partial charge is 0.320 e. The Labute approximate surface area is 553 Å². The van der Waals surface area contributed by atoms with E-state index in [9.17, 15) is 79.2 Å². The maximum absolute atomic E-state index is 13.0. The van der Waals surface area contributed by atoms with Gasteiger partial charge in [-0.3, -0.25) is 87.5 Å². The summed E-state index contributed by atoms with van der Waals surface area (Å²) in [7, 11) is 0. The van der Waals surface area contributed by atoms with Gasteiger partial charge in [0, 0.05) is 140 Å². The van der Waals surface area contributed by atoms with Crippen molar-refractivity contribution in [2.75, 3.05) is 155 Å². The number of carboxylic acids is 8. The third-order valence-corrected chi connectivity index (χ3v) is 17.1. The molecule has 0 bridgehead atoms. The normalized spacial score (nSPS) is 18.9. The number of anilines is 2. The molecule has 2 aromatic heterocycles. The van der Waals surface area contributed by atoms with Crippen molar-refractivity contribution in [3.05, 3.63) is 107 Å². The molecule has 2 aliphatic heterocycles. The van der Waals surface area contributed by atoms with E-state index < -0.39 is 71.9 Å². The minimum Gasteiger partial charge on any atom is -0.480 e. The summed E-state index contributed by atoms with van der Waals surface area (Å²) in [4.78, 5) is 119. The topological polar surface area (TPSA) is 398 Å². The van der Waals surface area contributed by atoms with Gasteiger partial charge in [-0.15, -0.1) is 0 Å². The lowest BCUT2D eigenvalue weighted by atomic mass is 9.84. The highest BCUT2D eigenvalue weighted by Crippen LogP contribution is 2.42. The summed E-state index contributed by atoms with van der Waals surface area (Å²) in [6.45, 7) is 0.922. The number of benzene rings is 2. The molecule has 0 spiro atoms. The Hall–Kier alpha value is -8.44. The van der Waals surface area contributed by atoms with Crippen LogP contribution in [0.4, 0.5) is 11.4 Å². The van der Waals surface area contributed by atoms with Crippen LogP contribution in [0, 0.1) is 0 Å². The van der Waals surface area contributed by atoms with Crippen LogP contribution in [0.1, 0.15) is 47.2 Å². The Kier molecular flexibility index (Phi) is 28.2. The average Bonchev–Trinajstić information content (AvgIpc) is 0.769. The molecule has 2 saturated heterocycles. The molecule has 3 aliphatic rings. The van der Waals surface area contributed by atoms with E-state index in [0.717, 1.165) is 22.3 Å². The average molecular weight is 1340 g/mol. The molecule has 0 amide bonds. The van der Waals surface area contributed by atoms with Gasteiger partial charge in [0.15, 0.2) is 10.2 Å². The number of hydrogen-bond donors (Lipinski definition) is 12. The molecule has 0 radical (unpaired) electrons.